The summed E-state index contributed by atoms with van der Waals surface area (Å²) in [5, 5.41) is 0. The number of nitrogens with zero attached hydrogens (tertiary/aromatic N) is 2. The Hall–Kier alpha value is -5.36. The van der Waals surface area contributed by atoms with Crippen molar-refractivity contribution in [1.29, 1.82) is 0 Å². The Morgan fingerprint density at radius 1 is 0.410 bits per heavy atom. The zero-order chi connectivity index (χ0) is 26.9. The predicted octanol–water partition coefficient (Wildman–Crippen LogP) is 5.47. The fourth-order valence-corrected chi connectivity index (χ4v) is 5.01. The second-order valence-electron chi connectivity index (χ2n) is 9.28. The minimum absolute atomic E-state index is 0.340. The van der Waals surface area contributed by atoms with Crippen LogP contribution in [0.5, 0.6) is 0 Å². The summed E-state index contributed by atoms with van der Waals surface area (Å²) in [6, 6.07) is 31.2. The second-order valence-corrected chi connectivity index (χ2v) is 9.28. The first-order chi connectivity index (χ1) is 19.0. The highest BCUT2D eigenvalue weighted by molar-refractivity contribution is 6.28. The zero-order valence-electron chi connectivity index (χ0n) is 20.8. The van der Waals surface area contributed by atoms with E-state index in [2.05, 4.69) is 24.3 Å². The lowest BCUT2D eigenvalue weighted by Crippen LogP contribution is -2.29. The number of hydrogen-bond donors (Lipinski definition) is 0. The molecule has 0 unspecified atom stereocenters. The van der Waals surface area contributed by atoms with Crippen LogP contribution in [0.15, 0.2) is 121 Å². The fraction of sp³-hybridized carbons (Fsp3) is 0.0303. The van der Waals surface area contributed by atoms with Crippen LogP contribution in [0.4, 0.5) is 11.4 Å². The van der Waals surface area contributed by atoms with E-state index >= 15 is 0 Å². The van der Waals surface area contributed by atoms with Crippen molar-refractivity contribution in [3.63, 3.8) is 0 Å². The Kier molecular flexibility index (Phi) is 6.05. The molecule has 4 amide bonds. The second kappa shape index (κ2) is 9.84. The fourth-order valence-electron chi connectivity index (χ4n) is 5.01. The summed E-state index contributed by atoms with van der Waals surface area (Å²) in [4.78, 5) is 50.5. The molecule has 4 aromatic rings. The number of anilines is 2. The van der Waals surface area contributed by atoms with Gasteiger partial charge in [-0.15, -0.1) is 0 Å². The van der Waals surface area contributed by atoms with E-state index in [-0.39, 0.29) is 23.6 Å². The highest BCUT2D eigenvalue weighted by Gasteiger charge is 2.26. The van der Waals surface area contributed by atoms with Crippen LogP contribution in [-0.4, -0.2) is 23.6 Å². The summed E-state index contributed by atoms with van der Waals surface area (Å²) in [5.74, 6) is -1.36. The van der Waals surface area contributed by atoms with Gasteiger partial charge in [-0.2, -0.15) is 0 Å². The molecular formula is C33H22N2O4. The van der Waals surface area contributed by atoms with Gasteiger partial charge in [0.1, 0.15) is 0 Å². The van der Waals surface area contributed by atoms with Crippen LogP contribution in [0.2, 0.25) is 0 Å². The maximum atomic E-state index is 12.0. The van der Waals surface area contributed by atoms with E-state index in [1.807, 2.05) is 48.5 Å². The molecule has 0 bridgehead atoms. The van der Waals surface area contributed by atoms with E-state index in [0.29, 0.717) is 17.8 Å². The molecule has 0 radical (unpaired) electrons. The molecule has 0 atom stereocenters. The summed E-state index contributed by atoms with van der Waals surface area (Å²) in [7, 11) is 0. The standard InChI is InChI=1S/C33H22N2O4/c36-30-17-18-31(37)34(30)26-13-9-22(10-14-26)28-7-3-1-5-24(28)21-25-6-2-4-8-29(25)23-11-15-27(16-12-23)35-32(38)19-20-33(35)39/h1-20H,21H2. The minimum atomic E-state index is -0.340. The molecule has 4 aromatic carbocycles. The van der Waals surface area contributed by atoms with Gasteiger partial charge in [-0.25, -0.2) is 9.80 Å². The molecule has 0 saturated carbocycles. The third kappa shape index (κ3) is 4.49. The summed E-state index contributed by atoms with van der Waals surface area (Å²) < 4.78 is 0. The van der Waals surface area contributed by atoms with E-state index in [9.17, 15) is 19.2 Å². The van der Waals surface area contributed by atoms with Crippen LogP contribution in [0.25, 0.3) is 22.3 Å². The van der Waals surface area contributed by atoms with Gasteiger partial charge in [0.25, 0.3) is 23.6 Å². The average molecular weight is 511 g/mol. The SMILES string of the molecule is O=C1C=CC(=O)N1c1ccc(-c2ccccc2Cc2ccccc2-c2ccc(N3C(=O)C=CC3=O)cc2)cc1. The molecule has 0 spiro atoms. The van der Waals surface area contributed by atoms with E-state index in [1.165, 1.54) is 24.3 Å². The molecule has 39 heavy (non-hydrogen) atoms. The van der Waals surface area contributed by atoms with E-state index < -0.39 is 0 Å². The van der Waals surface area contributed by atoms with Crippen molar-refractivity contribution in [3.8, 4) is 22.3 Å². The molecule has 0 N–H and O–H groups in total. The van der Waals surface area contributed by atoms with Crippen molar-refractivity contribution >= 4 is 35.0 Å². The lowest BCUT2D eigenvalue weighted by Gasteiger charge is -2.17. The number of amides is 4. The normalized spacial score (nSPS) is 14.7. The molecule has 0 aromatic heterocycles. The van der Waals surface area contributed by atoms with Gasteiger partial charge in [0.05, 0.1) is 11.4 Å². The van der Waals surface area contributed by atoms with E-state index in [1.54, 1.807) is 24.3 Å². The smallest absolute Gasteiger partial charge is 0.258 e. The molecule has 0 fully saturated rings. The van der Waals surface area contributed by atoms with Crippen LogP contribution < -0.4 is 9.80 Å². The average Bonchev–Trinajstić information content (AvgIpc) is 3.48. The van der Waals surface area contributed by atoms with Gasteiger partial charge in [-0.3, -0.25) is 19.2 Å². The lowest BCUT2D eigenvalue weighted by molar-refractivity contribution is -0.121. The van der Waals surface area contributed by atoms with Crippen LogP contribution in [-0.2, 0) is 25.6 Å². The molecule has 6 rings (SSSR count). The van der Waals surface area contributed by atoms with Crippen molar-refractivity contribution in [2.24, 2.45) is 0 Å². The predicted molar refractivity (Wildman–Crippen MR) is 150 cm³/mol. The highest BCUT2D eigenvalue weighted by atomic mass is 16.2. The molecule has 6 heteroatoms. The summed E-state index contributed by atoms with van der Waals surface area (Å²) in [6.45, 7) is 0. The number of carbonyl (C=O) groups is 4. The van der Waals surface area contributed by atoms with Gasteiger partial charge in [0.15, 0.2) is 0 Å². The number of carbonyl (C=O) groups excluding carboxylic acids is 4. The molecule has 2 aliphatic heterocycles. The van der Waals surface area contributed by atoms with Crippen molar-refractivity contribution < 1.29 is 19.2 Å². The maximum Gasteiger partial charge on any atom is 0.258 e. The van der Waals surface area contributed by atoms with Crippen LogP contribution in [0.3, 0.4) is 0 Å². The number of imide groups is 2. The summed E-state index contributed by atoms with van der Waals surface area (Å²) in [6.07, 6.45) is 5.78. The van der Waals surface area contributed by atoms with Crippen molar-refractivity contribution in [1.82, 2.24) is 0 Å². The van der Waals surface area contributed by atoms with Gasteiger partial charge in [-0.1, -0.05) is 72.8 Å². The van der Waals surface area contributed by atoms with Crippen LogP contribution in [0.1, 0.15) is 11.1 Å². The third-order valence-corrected chi connectivity index (χ3v) is 6.91. The Morgan fingerprint density at radius 2 is 0.744 bits per heavy atom. The molecule has 0 aliphatic carbocycles. The largest absolute Gasteiger partial charge is 0.269 e. The van der Waals surface area contributed by atoms with Crippen LogP contribution >= 0.6 is 0 Å². The molecule has 6 nitrogen and oxygen atoms in total. The van der Waals surface area contributed by atoms with Crippen molar-refractivity contribution in [2.75, 3.05) is 9.80 Å². The minimum Gasteiger partial charge on any atom is -0.269 e. The lowest BCUT2D eigenvalue weighted by atomic mass is 9.91. The van der Waals surface area contributed by atoms with Gasteiger partial charge >= 0.3 is 0 Å². The van der Waals surface area contributed by atoms with Crippen molar-refractivity contribution in [3.05, 3.63) is 132 Å². The first-order valence-electron chi connectivity index (χ1n) is 12.5. The number of hydrogen-bond acceptors (Lipinski definition) is 4. The third-order valence-electron chi connectivity index (χ3n) is 6.91. The Labute approximate surface area is 225 Å². The van der Waals surface area contributed by atoms with E-state index in [4.69, 9.17) is 0 Å². The van der Waals surface area contributed by atoms with Gasteiger partial charge in [0, 0.05) is 24.3 Å². The van der Waals surface area contributed by atoms with E-state index in [0.717, 1.165) is 43.2 Å². The molecule has 2 aliphatic rings. The first kappa shape index (κ1) is 24.0. The summed E-state index contributed by atoms with van der Waals surface area (Å²) >= 11 is 0. The summed E-state index contributed by atoms with van der Waals surface area (Å²) in [5.41, 5.74) is 7.42. The number of rotatable bonds is 6. The van der Waals surface area contributed by atoms with Gasteiger partial charge in [0.2, 0.25) is 0 Å². The number of benzene rings is 4. The van der Waals surface area contributed by atoms with Gasteiger partial charge < -0.3 is 0 Å². The monoisotopic (exact) mass is 510 g/mol. The Balaban J connectivity index is 1.28. The topological polar surface area (TPSA) is 74.8 Å². The molecule has 0 saturated heterocycles. The quantitative estimate of drug-likeness (QED) is 0.323. The first-order valence-corrected chi connectivity index (χ1v) is 12.5. The molecular weight excluding hydrogens is 488 g/mol. The van der Waals surface area contributed by atoms with Crippen LogP contribution in [0, 0.1) is 0 Å². The Bertz CT molecular complexity index is 1540. The maximum absolute atomic E-state index is 12.0. The highest BCUT2D eigenvalue weighted by Crippen LogP contribution is 2.32. The Morgan fingerprint density at radius 3 is 1.10 bits per heavy atom. The molecule has 188 valence electrons. The molecule has 2 heterocycles. The zero-order valence-corrected chi connectivity index (χ0v) is 20.8. The van der Waals surface area contributed by atoms with Crippen molar-refractivity contribution in [2.45, 2.75) is 6.42 Å². The van der Waals surface area contributed by atoms with Gasteiger partial charge in [-0.05, 0) is 64.1 Å².